The average molecular weight is 190 g/mol. The van der Waals surface area contributed by atoms with Crippen LogP contribution in [0.15, 0.2) is 24.3 Å². The largest absolute Gasteiger partial charge is 0.349 e. The maximum Gasteiger partial charge on any atom is 0.176 e. The third kappa shape index (κ3) is 1.26. The molecule has 1 spiro atoms. The maximum absolute atomic E-state index is 5.79. The topological polar surface area (TPSA) is 18.5 Å². The predicted octanol–water partition coefficient (Wildman–Crippen LogP) is 1.92. The van der Waals surface area contributed by atoms with Crippen LogP contribution in [0.25, 0.3) is 0 Å². The second-order valence-corrected chi connectivity index (χ2v) is 4.08. The van der Waals surface area contributed by atoms with E-state index in [-0.39, 0.29) is 5.79 Å². The Morgan fingerprint density at radius 3 is 2.07 bits per heavy atom. The molecule has 1 aliphatic heterocycles. The Balaban J connectivity index is 1.89. The first-order valence-electron chi connectivity index (χ1n) is 5.23. The molecule has 1 saturated heterocycles. The molecule has 2 nitrogen and oxygen atoms in total. The fourth-order valence-electron chi connectivity index (χ4n) is 2.37. The first-order chi connectivity index (χ1) is 6.88. The Kier molecular flexibility index (Phi) is 1.85. The molecule has 14 heavy (non-hydrogen) atoms. The second kappa shape index (κ2) is 3.07. The van der Waals surface area contributed by atoms with Crippen LogP contribution in [0.1, 0.15) is 17.5 Å². The highest BCUT2D eigenvalue weighted by Crippen LogP contribution is 2.35. The van der Waals surface area contributed by atoms with Crippen LogP contribution in [0.2, 0.25) is 0 Å². The van der Waals surface area contributed by atoms with E-state index in [1.54, 1.807) is 0 Å². The summed E-state index contributed by atoms with van der Waals surface area (Å²) in [6, 6.07) is 8.51. The second-order valence-electron chi connectivity index (χ2n) is 4.08. The third-order valence-electron chi connectivity index (χ3n) is 3.06. The monoisotopic (exact) mass is 190 g/mol. The minimum Gasteiger partial charge on any atom is -0.349 e. The molecule has 1 aromatic rings. The SMILES string of the molecule is c1ccc2c(c1)CC1(C2)OCCCO1. The van der Waals surface area contributed by atoms with E-state index >= 15 is 0 Å². The van der Waals surface area contributed by atoms with Crippen molar-refractivity contribution in [3.05, 3.63) is 35.4 Å². The van der Waals surface area contributed by atoms with Crippen molar-refractivity contribution in [2.24, 2.45) is 0 Å². The van der Waals surface area contributed by atoms with Gasteiger partial charge < -0.3 is 9.47 Å². The van der Waals surface area contributed by atoms with Crippen molar-refractivity contribution in [2.75, 3.05) is 13.2 Å². The van der Waals surface area contributed by atoms with E-state index in [1.807, 2.05) is 0 Å². The highest BCUT2D eigenvalue weighted by atomic mass is 16.7. The van der Waals surface area contributed by atoms with Crippen LogP contribution in [0.4, 0.5) is 0 Å². The van der Waals surface area contributed by atoms with Crippen LogP contribution in [-0.2, 0) is 22.3 Å². The van der Waals surface area contributed by atoms with Gasteiger partial charge in [0.2, 0.25) is 0 Å². The van der Waals surface area contributed by atoms with Gasteiger partial charge in [0, 0.05) is 12.8 Å². The molecule has 0 bridgehead atoms. The Bertz CT molecular complexity index is 313. The maximum atomic E-state index is 5.79. The summed E-state index contributed by atoms with van der Waals surface area (Å²) in [5, 5.41) is 0. The van der Waals surface area contributed by atoms with Crippen LogP contribution >= 0.6 is 0 Å². The Hall–Kier alpha value is -0.860. The quantitative estimate of drug-likeness (QED) is 0.622. The molecule has 2 heteroatoms. The molecule has 1 aliphatic carbocycles. The number of hydrogen-bond donors (Lipinski definition) is 0. The van der Waals surface area contributed by atoms with Crippen LogP contribution in [0.5, 0.6) is 0 Å². The van der Waals surface area contributed by atoms with Crippen molar-refractivity contribution in [1.82, 2.24) is 0 Å². The van der Waals surface area contributed by atoms with Crippen molar-refractivity contribution in [3.8, 4) is 0 Å². The van der Waals surface area contributed by atoms with Crippen molar-refractivity contribution in [1.29, 1.82) is 0 Å². The lowest BCUT2D eigenvalue weighted by Gasteiger charge is -2.33. The number of benzene rings is 1. The van der Waals surface area contributed by atoms with E-state index in [0.29, 0.717) is 0 Å². The number of ether oxygens (including phenoxy) is 2. The minimum absolute atomic E-state index is 0.318. The molecular weight excluding hydrogens is 176 g/mol. The van der Waals surface area contributed by atoms with Crippen molar-refractivity contribution in [2.45, 2.75) is 25.0 Å². The van der Waals surface area contributed by atoms with E-state index < -0.39 is 0 Å². The molecule has 0 aromatic heterocycles. The van der Waals surface area contributed by atoms with Crippen LogP contribution in [0.3, 0.4) is 0 Å². The summed E-state index contributed by atoms with van der Waals surface area (Å²) in [5.41, 5.74) is 2.77. The highest BCUT2D eigenvalue weighted by Gasteiger charge is 2.40. The molecule has 1 aromatic carbocycles. The van der Waals surface area contributed by atoms with E-state index in [0.717, 1.165) is 32.5 Å². The molecule has 3 rings (SSSR count). The van der Waals surface area contributed by atoms with Gasteiger partial charge in [-0.1, -0.05) is 24.3 Å². The van der Waals surface area contributed by atoms with Crippen molar-refractivity contribution < 1.29 is 9.47 Å². The normalized spacial score (nSPS) is 23.7. The summed E-state index contributed by atoms with van der Waals surface area (Å²) >= 11 is 0. The van der Waals surface area contributed by atoms with Gasteiger partial charge in [-0.2, -0.15) is 0 Å². The Morgan fingerprint density at radius 1 is 0.929 bits per heavy atom. The summed E-state index contributed by atoms with van der Waals surface area (Å²) in [6.45, 7) is 1.68. The fraction of sp³-hybridized carbons (Fsp3) is 0.500. The zero-order chi connectivity index (χ0) is 9.43. The number of hydrogen-bond acceptors (Lipinski definition) is 2. The summed E-state index contributed by atoms with van der Waals surface area (Å²) in [6.07, 6.45) is 2.87. The molecule has 1 fully saturated rings. The fourth-order valence-corrected chi connectivity index (χ4v) is 2.37. The van der Waals surface area contributed by atoms with Gasteiger partial charge >= 0.3 is 0 Å². The smallest absolute Gasteiger partial charge is 0.176 e. The molecule has 0 amide bonds. The van der Waals surface area contributed by atoms with Gasteiger partial charge in [0.25, 0.3) is 0 Å². The van der Waals surface area contributed by atoms with Gasteiger partial charge in [-0.25, -0.2) is 0 Å². The van der Waals surface area contributed by atoms with Gasteiger partial charge in [0.15, 0.2) is 5.79 Å². The van der Waals surface area contributed by atoms with Crippen molar-refractivity contribution >= 4 is 0 Å². The third-order valence-corrected chi connectivity index (χ3v) is 3.06. The lowest BCUT2D eigenvalue weighted by atomic mass is 10.1. The molecule has 1 heterocycles. The zero-order valence-corrected chi connectivity index (χ0v) is 8.16. The summed E-state index contributed by atoms with van der Waals surface area (Å²) < 4.78 is 11.6. The Labute approximate surface area is 83.8 Å². The molecule has 0 N–H and O–H groups in total. The molecule has 2 aliphatic rings. The first-order valence-corrected chi connectivity index (χ1v) is 5.23. The van der Waals surface area contributed by atoms with E-state index in [9.17, 15) is 0 Å². The lowest BCUT2D eigenvalue weighted by Crippen LogP contribution is -2.41. The zero-order valence-electron chi connectivity index (χ0n) is 8.16. The lowest BCUT2D eigenvalue weighted by molar-refractivity contribution is -0.260. The van der Waals surface area contributed by atoms with Gasteiger partial charge in [0.05, 0.1) is 13.2 Å². The molecule has 74 valence electrons. The standard InChI is InChI=1S/C12H14O2/c1-2-5-11-9-12(8-10(11)4-1)13-6-3-7-14-12/h1-2,4-5H,3,6-9H2. The first kappa shape index (κ1) is 8.45. The van der Waals surface area contributed by atoms with Gasteiger partial charge in [-0.05, 0) is 17.5 Å². The average Bonchev–Trinajstić information content (AvgIpc) is 2.56. The number of rotatable bonds is 0. The van der Waals surface area contributed by atoms with E-state index in [1.165, 1.54) is 11.1 Å². The highest BCUT2D eigenvalue weighted by molar-refractivity contribution is 5.34. The van der Waals surface area contributed by atoms with Crippen LogP contribution < -0.4 is 0 Å². The summed E-state index contributed by atoms with van der Waals surface area (Å²) in [5.74, 6) is -0.318. The molecule has 0 unspecified atom stereocenters. The minimum atomic E-state index is -0.318. The van der Waals surface area contributed by atoms with Crippen LogP contribution in [-0.4, -0.2) is 19.0 Å². The number of fused-ring (bicyclic) bond motifs is 1. The molecule has 0 saturated carbocycles. The predicted molar refractivity (Wildman–Crippen MR) is 53.1 cm³/mol. The molecule has 0 radical (unpaired) electrons. The molecule has 0 atom stereocenters. The van der Waals surface area contributed by atoms with Crippen molar-refractivity contribution in [3.63, 3.8) is 0 Å². The van der Waals surface area contributed by atoms with Gasteiger partial charge in [0.1, 0.15) is 0 Å². The van der Waals surface area contributed by atoms with Gasteiger partial charge in [-0.15, -0.1) is 0 Å². The van der Waals surface area contributed by atoms with E-state index in [2.05, 4.69) is 24.3 Å². The van der Waals surface area contributed by atoms with Gasteiger partial charge in [-0.3, -0.25) is 0 Å². The summed E-state index contributed by atoms with van der Waals surface area (Å²) in [4.78, 5) is 0. The van der Waals surface area contributed by atoms with E-state index in [4.69, 9.17) is 9.47 Å². The van der Waals surface area contributed by atoms with Crippen LogP contribution in [0, 0.1) is 0 Å². The molecular formula is C12H14O2. The summed E-state index contributed by atoms with van der Waals surface area (Å²) in [7, 11) is 0. The Morgan fingerprint density at radius 2 is 1.50 bits per heavy atom.